The zero-order valence-electron chi connectivity index (χ0n) is 16.0. The zero-order chi connectivity index (χ0) is 21.6. The second-order valence-electron chi connectivity index (χ2n) is 6.68. The number of hydrogen-bond donors (Lipinski definition) is 2. The summed E-state index contributed by atoms with van der Waals surface area (Å²) >= 11 is 1.47. The highest BCUT2D eigenvalue weighted by atomic mass is 32.2. The predicted molar refractivity (Wildman–Crippen MR) is 110 cm³/mol. The number of nitriles is 1. The van der Waals surface area contributed by atoms with Gasteiger partial charge in [-0.15, -0.1) is 11.8 Å². The van der Waals surface area contributed by atoms with Crippen LogP contribution in [0.5, 0.6) is 0 Å². The third kappa shape index (κ3) is 6.97. The van der Waals surface area contributed by atoms with Crippen LogP contribution in [0.25, 0.3) is 0 Å². The lowest BCUT2D eigenvalue weighted by Gasteiger charge is -2.23. The second kappa shape index (κ2) is 10.0. The molecule has 0 aromatic heterocycles. The summed E-state index contributed by atoms with van der Waals surface area (Å²) < 4.78 is 50.7. The summed E-state index contributed by atoms with van der Waals surface area (Å²) in [4.78, 5) is 2.37. The average Bonchev–Trinajstić information content (AvgIpc) is 2.65. The molecule has 0 aliphatic heterocycles. The number of nitrogens with two attached hydrogens (primary N) is 1. The van der Waals surface area contributed by atoms with E-state index < -0.39 is 20.7 Å². The highest BCUT2D eigenvalue weighted by molar-refractivity contribution is 7.99. The molecule has 0 amide bonds. The molecule has 0 bridgehead atoms. The monoisotopic (exact) mass is 440 g/mol. The first-order valence-corrected chi connectivity index (χ1v) is 11.2. The second-order valence-corrected chi connectivity index (χ2v) is 9.34. The van der Waals surface area contributed by atoms with Crippen molar-refractivity contribution in [1.82, 2.24) is 4.90 Å². The van der Waals surface area contributed by atoms with Crippen LogP contribution in [0.2, 0.25) is 0 Å². The van der Waals surface area contributed by atoms with Crippen LogP contribution < -0.4 is 10.5 Å². The molecular weight excluding hydrogens is 418 g/mol. The Labute approximate surface area is 173 Å². The van der Waals surface area contributed by atoms with Gasteiger partial charge < -0.3 is 10.2 Å². The van der Waals surface area contributed by atoms with Crippen molar-refractivity contribution in [2.75, 3.05) is 31.7 Å². The molecule has 1 atom stereocenters. The van der Waals surface area contributed by atoms with E-state index in [4.69, 9.17) is 5.14 Å². The first-order valence-electron chi connectivity index (χ1n) is 8.66. The summed E-state index contributed by atoms with van der Waals surface area (Å²) in [6.45, 7) is 0.709. The lowest BCUT2D eigenvalue weighted by molar-refractivity contribution is 0.391. The molecule has 0 unspecified atom stereocenters. The summed E-state index contributed by atoms with van der Waals surface area (Å²) in [7, 11) is -0.317. The molecule has 0 aliphatic rings. The normalized spacial score (nSPS) is 12.6. The molecule has 0 aliphatic carbocycles. The fourth-order valence-corrected chi connectivity index (χ4v) is 4.05. The summed E-state index contributed by atoms with van der Waals surface area (Å²) in [5.41, 5.74) is -0.209. The van der Waals surface area contributed by atoms with Crippen LogP contribution in [-0.2, 0) is 10.0 Å². The van der Waals surface area contributed by atoms with Crippen molar-refractivity contribution in [1.29, 1.82) is 5.26 Å². The number of anilines is 1. The van der Waals surface area contributed by atoms with E-state index in [-0.39, 0.29) is 23.1 Å². The summed E-state index contributed by atoms with van der Waals surface area (Å²) in [5.74, 6) is -0.664. The van der Waals surface area contributed by atoms with E-state index in [0.29, 0.717) is 18.7 Å². The number of rotatable bonds is 9. The maximum absolute atomic E-state index is 14.6. The first-order chi connectivity index (χ1) is 13.6. The minimum absolute atomic E-state index is 0.0663. The zero-order valence-corrected chi connectivity index (χ0v) is 17.7. The van der Waals surface area contributed by atoms with Gasteiger partial charge in [0.15, 0.2) is 0 Å². The standard InChI is InChI=1S/C19H22F2N4O2S2/c1-25(2)8-7-15(12-28-16-5-3-14(20)4-6-16)24-19-13(11-22)9-17(10-18(19)21)29(23,26)27/h3-6,9-10,15,24H,7-8,12H2,1-2H3,(H2,23,26,27)/t15-/m1/s1. The summed E-state index contributed by atoms with van der Waals surface area (Å²) in [6.07, 6.45) is 0.641. The third-order valence-corrected chi connectivity index (χ3v) is 6.12. The van der Waals surface area contributed by atoms with Crippen molar-refractivity contribution in [2.24, 2.45) is 5.14 Å². The summed E-state index contributed by atoms with van der Waals surface area (Å²) in [6, 6.07) is 9.49. The fourth-order valence-electron chi connectivity index (χ4n) is 2.52. The number of benzene rings is 2. The van der Waals surface area contributed by atoms with Crippen molar-refractivity contribution in [2.45, 2.75) is 22.3 Å². The van der Waals surface area contributed by atoms with Crippen molar-refractivity contribution < 1.29 is 17.2 Å². The fraction of sp³-hybridized carbons (Fsp3) is 0.316. The Hall–Kier alpha value is -2.19. The molecule has 29 heavy (non-hydrogen) atoms. The third-order valence-electron chi connectivity index (χ3n) is 4.05. The van der Waals surface area contributed by atoms with Gasteiger partial charge in [-0.3, -0.25) is 0 Å². The van der Waals surface area contributed by atoms with Crippen molar-refractivity contribution in [3.63, 3.8) is 0 Å². The predicted octanol–water partition coefficient (Wildman–Crippen LogP) is 3.01. The van der Waals surface area contributed by atoms with E-state index in [1.165, 1.54) is 23.9 Å². The van der Waals surface area contributed by atoms with Crippen LogP contribution >= 0.6 is 11.8 Å². The van der Waals surface area contributed by atoms with Gasteiger partial charge in [-0.25, -0.2) is 22.3 Å². The quantitative estimate of drug-likeness (QED) is 0.582. The lowest BCUT2D eigenvalue weighted by atomic mass is 10.1. The van der Waals surface area contributed by atoms with Crippen molar-refractivity contribution in [3.8, 4) is 6.07 Å². The Kier molecular flexibility index (Phi) is 7.98. The Bertz CT molecular complexity index is 991. The molecule has 0 heterocycles. The molecule has 6 nitrogen and oxygen atoms in total. The van der Waals surface area contributed by atoms with Crippen LogP contribution in [0.3, 0.4) is 0 Å². The minimum atomic E-state index is -4.13. The van der Waals surface area contributed by atoms with Gasteiger partial charge in [0.2, 0.25) is 10.0 Å². The molecule has 0 saturated carbocycles. The van der Waals surface area contributed by atoms with Gasteiger partial charge in [0, 0.05) is 16.7 Å². The van der Waals surface area contributed by atoms with Gasteiger partial charge >= 0.3 is 0 Å². The van der Waals surface area contributed by atoms with Gasteiger partial charge in [-0.1, -0.05) is 0 Å². The molecule has 3 N–H and O–H groups in total. The van der Waals surface area contributed by atoms with Crippen LogP contribution in [0.15, 0.2) is 46.2 Å². The van der Waals surface area contributed by atoms with E-state index in [0.717, 1.165) is 17.0 Å². The van der Waals surface area contributed by atoms with E-state index in [9.17, 15) is 22.5 Å². The average molecular weight is 441 g/mol. The molecule has 0 saturated heterocycles. The van der Waals surface area contributed by atoms with Gasteiger partial charge in [0.05, 0.1) is 16.1 Å². The van der Waals surface area contributed by atoms with Gasteiger partial charge in [-0.05, 0) is 63.5 Å². The molecule has 2 aromatic carbocycles. The van der Waals surface area contributed by atoms with Crippen molar-refractivity contribution in [3.05, 3.63) is 53.6 Å². The number of sulfonamides is 1. The molecular formula is C19H22F2N4O2S2. The van der Waals surface area contributed by atoms with E-state index in [1.54, 1.807) is 12.1 Å². The minimum Gasteiger partial charge on any atom is -0.378 e. The van der Waals surface area contributed by atoms with Gasteiger partial charge in [0.25, 0.3) is 0 Å². The van der Waals surface area contributed by atoms with Crippen LogP contribution in [0.4, 0.5) is 14.5 Å². The van der Waals surface area contributed by atoms with E-state index >= 15 is 0 Å². The maximum Gasteiger partial charge on any atom is 0.238 e. The molecule has 10 heteroatoms. The Morgan fingerprint density at radius 3 is 2.45 bits per heavy atom. The molecule has 2 aromatic rings. The lowest BCUT2D eigenvalue weighted by Crippen LogP contribution is -2.28. The maximum atomic E-state index is 14.6. The Balaban J connectivity index is 2.25. The number of nitrogens with zero attached hydrogens (tertiary/aromatic N) is 2. The van der Waals surface area contributed by atoms with Gasteiger partial charge in [-0.2, -0.15) is 5.26 Å². The number of primary sulfonamides is 1. The van der Waals surface area contributed by atoms with Crippen LogP contribution in [0, 0.1) is 23.0 Å². The highest BCUT2D eigenvalue weighted by Crippen LogP contribution is 2.27. The van der Waals surface area contributed by atoms with Crippen LogP contribution in [-0.4, -0.2) is 45.8 Å². The number of halogens is 2. The smallest absolute Gasteiger partial charge is 0.238 e. The van der Waals surface area contributed by atoms with Crippen LogP contribution in [0.1, 0.15) is 12.0 Å². The molecule has 0 fully saturated rings. The first kappa shape index (κ1) is 23.1. The topological polar surface area (TPSA) is 99.2 Å². The number of hydrogen-bond acceptors (Lipinski definition) is 6. The molecule has 0 spiro atoms. The van der Waals surface area contributed by atoms with Gasteiger partial charge in [0.1, 0.15) is 17.7 Å². The number of thioether (sulfide) groups is 1. The van der Waals surface area contributed by atoms with Crippen molar-refractivity contribution >= 4 is 27.5 Å². The van der Waals surface area contributed by atoms with E-state index in [1.807, 2.05) is 25.1 Å². The molecule has 156 valence electrons. The molecule has 0 radical (unpaired) electrons. The summed E-state index contributed by atoms with van der Waals surface area (Å²) in [5, 5.41) is 17.4. The van der Waals surface area contributed by atoms with E-state index in [2.05, 4.69) is 5.32 Å². The molecule has 2 rings (SSSR count). The SMILES string of the molecule is CN(C)CC[C@H](CSc1ccc(F)cc1)Nc1c(F)cc(S(N)(=O)=O)cc1C#N. The number of nitrogens with one attached hydrogen (secondary N) is 1. The Morgan fingerprint density at radius 1 is 1.24 bits per heavy atom. The highest BCUT2D eigenvalue weighted by Gasteiger charge is 2.20. The largest absolute Gasteiger partial charge is 0.378 e. The Morgan fingerprint density at radius 2 is 1.90 bits per heavy atom.